The number of rotatable bonds is 6. The number of benzene rings is 4. The SMILES string of the molecule is c1ccc(-c2ccc(N(c3ccc(-c4ccnc5ccccc45)cc3)c3ccc(C4CC5CCC4C5)cc3)cn2)cc1. The Balaban J connectivity index is 1.16. The van der Waals surface area contributed by atoms with E-state index in [0.717, 1.165) is 51.6 Å². The van der Waals surface area contributed by atoms with Crippen LogP contribution in [0.1, 0.15) is 37.2 Å². The molecule has 0 radical (unpaired) electrons. The summed E-state index contributed by atoms with van der Waals surface area (Å²) in [5.41, 5.74) is 10.3. The van der Waals surface area contributed by atoms with Crippen LogP contribution in [0.15, 0.2) is 134 Å². The summed E-state index contributed by atoms with van der Waals surface area (Å²) in [7, 11) is 0. The van der Waals surface area contributed by atoms with Crippen LogP contribution in [0.4, 0.5) is 17.1 Å². The number of para-hydroxylation sites is 1. The van der Waals surface area contributed by atoms with Gasteiger partial charge in [0.25, 0.3) is 0 Å². The smallest absolute Gasteiger partial charge is 0.0708 e. The fourth-order valence-corrected chi connectivity index (χ4v) is 7.41. The first kappa shape index (κ1) is 25.0. The summed E-state index contributed by atoms with van der Waals surface area (Å²) in [6, 6.07) is 43.4. The predicted octanol–water partition coefficient (Wildman–Crippen LogP) is 10.3. The van der Waals surface area contributed by atoms with E-state index in [2.05, 4.69) is 119 Å². The van der Waals surface area contributed by atoms with Crippen molar-refractivity contribution >= 4 is 28.0 Å². The number of hydrogen-bond donors (Lipinski definition) is 0. The van der Waals surface area contributed by atoms with Crippen molar-refractivity contribution in [2.75, 3.05) is 4.90 Å². The van der Waals surface area contributed by atoms with Gasteiger partial charge in [-0.3, -0.25) is 9.97 Å². The van der Waals surface area contributed by atoms with Gasteiger partial charge in [0, 0.05) is 28.5 Å². The van der Waals surface area contributed by atoms with Gasteiger partial charge >= 0.3 is 0 Å². The van der Waals surface area contributed by atoms with E-state index >= 15 is 0 Å². The van der Waals surface area contributed by atoms with Crippen LogP contribution < -0.4 is 4.90 Å². The lowest BCUT2D eigenvalue weighted by Crippen LogP contribution is -2.12. The van der Waals surface area contributed by atoms with Crippen molar-refractivity contribution in [2.24, 2.45) is 11.8 Å². The van der Waals surface area contributed by atoms with Crippen molar-refractivity contribution in [1.82, 2.24) is 9.97 Å². The summed E-state index contributed by atoms with van der Waals surface area (Å²) < 4.78 is 0. The average molecular weight is 544 g/mol. The first-order valence-electron chi connectivity index (χ1n) is 15.2. The summed E-state index contributed by atoms with van der Waals surface area (Å²) in [6.07, 6.45) is 9.53. The van der Waals surface area contributed by atoms with Crippen LogP contribution in [0.5, 0.6) is 0 Å². The molecule has 0 amide bonds. The van der Waals surface area contributed by atoms with E-state index in [4.69, 9.17) is 4.98 Å². The zero-order valence-corrected chi connectivity index (χ0v) is 23.6. The predicted molar refractivity (Wildman–Crippen MR) is 173 cm³/mol. The van der Waals surface area contributed by atoms with E-state index in [1.54, 1.807) is 0 Å². The van der Waals surface area contributed by atoms with Gasteiger partial charge in [-0.05, 0) is 102 Å². The third-order valence-electron chi connectivity index (χ3n) is 9.48. The van der Waals surface area contributed by atoms with E-state index in [1.165, 1.54) is 47.8 Å². The second-order valence-corrected chi connectivity index (χ2v) is 11.9. The molecule has 3 atom stereocenters. The lowest BCUT2D eigenvalue weighted by Gasteiger charge is -2.27. The number of pyridine rings is 2. The van der Waals surface area contributed by atoms with Gasteiger partial charge in [-0.1, -0.05) is 79.2 Å². The molecule has 0 spiro atoms. The Hall–Kier alpha value is -4.76. The summed E-state index contributed by atoms with van der Waals surface area (Å²) >= 11 is 0. The number of hydrogen-bond acceptors (Lipinski definition) is 3. The molecule has 6 aromatic rings. The number of fused-ring (bicyclic) bond motifs is 3. The minimum absolute atomic E-state index is 0.729. The van der Waals surface area contributed by atoms with E-state index in [9.17, 15) is 0 Å². The lowest BCUT2D eigenvalue weighted by atomic mass is 9.83. The van der Waals surface area contributed by atoms with Crippen molar-refractivity contribution in [3.8, 4) is 22.4 Å². The Kier molecular flexibility index (Phi) is 6.29. The molecule has 8 rings (SSSR count). The van der Waals surface area contributed by atoms with Crippen molar-refractivity contribution < 1.29 is 0 Å². The Morgan fingerprint density at radius 2 is 1.31 bits per heavy atom. The van der Waals surface area contributed by atoms with Crippen molar-refractivity contribution in [3.05, 3.63) is 139 Å². The minimum Gasteiger partial charge on any atom is -0.309 e. The fourth-order valence-electron chi connectivity index (χ4n) is 7.41. The van der Waals surface area contributed by atoms with Crippen molar-refractivity contribution in [3.63, 3.8) is 0 Å². The maximum Gasteiger partial charge on any atom is 0.0708 e. The third kappa shape index (κ3) is 4.55. The topological polar surface area (TPSA) is 29.0 Å². The van der Waals surface area contributed by atoms with Gasteiger partial charge in [0.2, 0.25) is 0 Å². The summed E-state index contributed by atoms with van der Waals surface area (Å²) in [4.78, 5) is 11.8. The molecule has 2 aliphatic rings. The van der Waals surface area contributed by atoms with E-state index < -0.39 is 0 Å². The highest BCUT2D eigenvalue weighted by Crippen LogP contribution is 2.53. The molecule has 2 heterocycles. The summed E-state index contributed by atoms with van der Waals surface area (Å²) in [5.74, 6) is 2.55. The summed E-state index contributed by atoms with van der Waals surface area (Å²) in [6.45, 7) is 0. The monoisotopic (exact) mass is 543 g/mol. The van der Waals surface area contributed by atoms with Gasteiger partial charge in [-0.15, -0.1) is 0 Å². The second kappa shape index (κ2) is 10.6. The Morgan fingerprint density at radius 3 is 2.02 bits per heavy atom. The molecule has 2 aliphatic carbocycles. The van der Waals surface area contributed by atoms with Gasteiger partial charge in [0.15, 0.2) is 0 Å². The van der Waals surface area contributed by atoms with Crippen molar-refractivity contribution in [2.45, 2.75) is 31.6 Å². The molecular weight excluding hydrogens is 510 g/mol. The first-order valence-corrected chi connectivity index (χ1v) is 15.2. The minimum atomic E-state index is 0.729. The molecule has 42 heavy (non-hydrogen) atoms. The zero-order valence-electron chi connectivity index (χ0n) is 23.6. The molecule has 3 nitrogen and oxygen atoms in total. The average Bonchev–Trinajstić information content (AvgIpc) is 3.71. The normalized spacial score (nSPS) is 19.3. The maximum absolute atomic E-state index is 4.88. The molecule has 204 valence electrons. The molecule has 3 heteroatoms. The van der Waals surface area contributed by atoms with Crippen LogP contribution in [0.2, 0.25) is 0 Å². The van der Waals surface area contributed by atoms with Gasteiger partial charge in [-0.25, -0.2) is 0 Å². The molecular formula is C39H33N3. The molecule has 0 aliphatic heterocycles. The molecule has 2 fully saturated rings. The molecule has 2 aromatic heterocycles. The van der Waals surface area contributed by atoms with Crippen LogP contribution >= 0.6 is 0 Å². The van der Waals surface area contributed by atoms with Gasteiger partial charge in [-0.2, -0.15) is 0 Å². The van der Waals surface area contributed by atoms with Gasteiger partial charge < -0.3 is 4.90 Å². The third-order valence-corrected chi connectivity index (χ3v) is 9.48. The van der Waals surface area contributed by atoms with E-state index in [0.29, 0.717) is 0 Å². The zero-order chi connectivity index (χ0) is 27.9. The fraction of sp³-hybridized carbons (Fsp3) is 0.179. The molecule has 0 saturated heterocycles. The molecule has 2 bridgehead atoms. The van der Waals surface area contributed by atoms with Crippen LogP contribution in [0.25, 0.3) is 33.3 Å². The highest BCUT2D eigenvalue weighted by atomic mass is 15.1. The van der Waals surface area contributed by atoms with E-state index in [-0.39, 0.29) is 0 Å². The number of aromatic nitrogens is 2. The van der Waals surface area contributed by atoms with Crippen LogP contribution in [-0.2, 0) is 0 Å². The number of anilines is 3. The Labute approximate surface area is 247 Å². The first-order chi connectivity index (χ1) is 20.8. The maximum atomic E-state index is 4.88. The molecule has 0 N–H and O–H groups in total. The van der Waals surface area contributed by atoms with Crippen LogP contribution in [-0.4, -0.2) is 9.97 Å². The molecule has 2 saturated carbocycles. The number of nitrogens with zero attached hydrogens (tertiary/aromatic N) is 3. The Morgan fingerprint density at radius 1 is 0.571 bits per heavy atom. The van der Waals surface area contributed by atoms with Gasteiger partial charge in [0.05, 0.1) is 23.1 Å². The van der Waals surface area contributed by atoms with Gasteiger partial charge in [0.1, 0.15) is 0 Å². The largest absolute Gasteiger partial charge is 0.309 e. The lowest BCUT2D eigenvalue weighted by molar-refractivity contribution is 0.420. The van der Waals surface area contributed by atoms with Crippen LogP contribution in [0, 0.1) is 11.8 Å². The quantitative estimate of drug-likeness (QED) is 0.209. The van der Waals surface area contributed by atoms with Crippen molar-refractivity contribution in [1.29, 1.82) is 0 Å². The standard InChI is InChI=1S/C39H33N3/c1-2-6-30(7-3-1)38-21-20-34(26-41-38)42(33-18-14-29(15-19-33)37-25-27-10-11-31(37)24-27)32-16-12-28(13-17-32)35-22-23-40-39-9-5-4-8-36(35)39/h1-9,12-23,26-27,31,37H,10-11,24-25H2. The van der Waals surface area contributed by atoms with E-state index in [1.807, 2.05) is 24.5 Å². The Bertz CT molecular complexity index is 1820. The highest BCUT2D eigenvalue weighted by Gasteiger charge is 2.40. The molecule has 4 aromatic carbocycles. The highest BCUT2D eigenvalue weighted by molar-refractivity contribution is 5.94. The van der Waals surface area contributed by atoms with Crippen LogP contribution in [0.3, 0.4) is 0 Å². The summed E-state index contributed by atoms with van der Waals surface area (Å²) in [5, 5.41) is 1.17. The molecule has 3 unspecified atom stereocenters. The second-order valence-electron chi connectivity index (χ2n) is 11.9.